The van der Waals surface area contributed by atoms with Crippen molar-refractivity contribution >= 4 is 40.2 Å². The van der Waals surface area contributed by atoms with Crippen LogP contribution in [0, 0.1) is 3.57 Å². The van der Waals surface area contributed by atoms with E-state index in [2.05, 4.69) is 32.6 Å². The number of aryl methyl sites for hydroxylation is 1. The fraction of sp³-hybridized carbons (Fsp3) is 0.231. The van der Waals surface area contributed by atoms with Gasteiger partial charge >= 0.3 is 5.51 Å². The topological polar surface area (TPSA) is 51.8 Å². The molecular formula is C13H11F3IN3S. The van der Waals surface area contributed by atoms with E-state index in [1.165, 1.54) is 12.1 Å². The van der Waals surface area contributed by atoms with Crippen LogP contribution in [0.3, 0.4) is 0 Å². The maximum atomic E-state index is 12.3. The van der Waals surface area contributed by atoms with Crippen molar-refractivity contribution in [3.05, 3.63) is 33.5 Å². The van der Waals surface area contributed by atoms with Crippen molar-refractivity contribution in [1.29, 1.82) is 0 Å². The Morgan fingerprint density at radius 2 is 1.81 bits per heavy atom. The van der Waals surface area contributed by atoms with Gasteiger partial charge in [-0.2, -0.15) is 13.2 Å². The fourth-order valence-electron chi connectivity index (χ4n) is 1.68. The van der Waals surface area contributed by atoms with Crippen molar-refractivity contribution in [1.82, 2.24) is 9.97 Å². The number of anilines is 1. The zero-order valence-electron chi connectivity index (χ0n) is 10.9. The number of nitrogens with zero attached hydrogens (tertiary/aromatic N) is 2. The molecule has 1 heterocycles. The summed E-state index contributed by atoms with van der Waals surface area (Å²) in [5, 5.41) is 0. The lowest BCUT2D eigenvalue weighted by Gasteiger charge is -2.09. The van der Waals surface area contributed by atoms with Gasteiger partial charge in [0.05, 0.1) is 9.26 Å². The van der Waals surface area contributed by atoms with Crippen molar-refractivity contribution in [3.8, 4) is 11.4 Å². The van der Waals surface area contributed by atoms with E-state index in [-0.39, 0.29) is 16.7 Å². The van der Waals surface area contributed by atoms with Gasteiger partial charge < -0.3 is 5.73 Å². The number of benzene rings is 1. The molecule has 3 nitrogen and oxygen atoms in total. The first kappa shape index (κ1) is 16.3. The molecule has 0 aliphatic carbocycles. The molecule has 1 aromatic heterocycles. The SMILES string of the molecule is CCc1nc(-c2ccc(SC(F)(F)F)cc2)nc(N)c1I. The normalized spacial score (nSPS) is 11.7. The number of halogens is 4. The quantitative estimate of drug-likeness (QED) is 0.581. The molecule has 112 valence electrons. The average Bonchev–Trinajstić information content (AvgIpc) is 2.41. The summed E-state index contributed by atoms with van der Waals surface area (Å²) < 4.78 is 37.7. The molecule has 0 fully saturated rings. The van der Waals surface area contributed by atoms with E-state index in [1.54, 1.807) is 12.1 Å². The van der Waals surface area contributed by atoms with Crippen molar-refractivity contribution in [2.24, 2.45) is 0 Å². The Balaban J connectivity index is 2.33. The second-order valence-corrected chi connectivity index (χ2v) is 6.34. The van der Waals surface area contributed by atoms with Gasteiger partial charge in [0.15, 0.2) is 5.82 Å². The number of aromatic nitrogens is 2. The third kappa shape index (κ3) is 4.22. The average molecular weight is 425 g/mol. The van der Waals surface area contributed by atoms with Gasteiger partial charge in [0.1, 0.15) is 5.82 Å². The van der Waals surface area contributed by atoms with Gasteiger partial charge in [0, 0.05) is 10.5 Å². The molecule has 0 bridgehead atoms. The molecule has 0 spiro atoms. The summed E-state index contributed by atoms with van der Waals surface area (Å²) in [6.07, 6.45) is 0.708. The Bertz CT molecular complexity index is 644. The Morgan fingerprint density at radius 3 is 2.33 bits per heavy atom. The lowest BCUT2D eigenvalue weighted by atomic mass is 10.2. The van der Waals surface area contributed by atoms with E-state index in [9.17, 15) is 13.2 Å². The molecule has 0 radical (unpaired) electrons. The smallest absolute Gasteiger partial charge is 0.383 e. The van der Waals surface area contributed by atoms with E-state index in [1.807, 2.05) is 6.92 Å². The highest BCUT2D eigenvalue weighted by Gasteiger charge is 2.29. The number of rotatable bonds is 3. The summed E-state index contributed by atoms with van der Waals surface area (Å²) in [6.45, 7) is 1.96. The molecule has 0 aliphatic rings. The summed E-state index contributed by atoms with van der Waals surface area (Å²) in [7, 11) is 0. The molecule has 1 aromatic carbocycles. The van der Waals surface area contributed by atoms with E-state index >= 15 is 0 Å². The maximum absolute atomic E-state index is 12.3. The Hall–Kier alpha value is -1.03. The van der Waals surface area contributed by atoms with Crippen molar-refractivity contribution in [2.45, 2.75) is 23.7 Å². The van der Waals surface area contributed by atoms with Gasteiger partial charge in [0.25, 0.3) is 0 Å². The molecule has 0 saturated heterocycles. The zero-order valence-corrected chi connectivity index (χ0v) is 13.9. The van der Waals surface area contributed by atoms with Crippen LogP contribution >= 0.6 is 34.4 Å². The third-order valence-corrected chi connectivity index (χ3v) is 4.54. The zero-order chi connectivity index (χ0) is 15.6. The molecule has 0 unspecified atom stereocenters. The minimum atomic E-state index is -4.29. The molecule has 2 rings (SSSR count). The highest BCUT2D eigenvalue weighted by Crippen LogP contribution is 2.37. The minimum Gasteiger partial charge on any atom is -0.383 e. The van der Waals surface area contributed by atoms with Crippen LogP contribution in [0.4, 0.5) is 19.0 Å². The largest absolute Gasteiger partial charge is 0.446 e. The first-order valence-electron chi connectivity index (χ1n) is 5.98. The molecular weight excluding hydrogens is 414 g/mol. The molecule has 8 heteroatoms. The summed E-state index contributed by atoms with van der Waals surface area (Å²) in [5.41, 5.74) is 3.01. The highest BCUT2D eigenvalue weighted by atomic mass is 127. The Kier molecular flexibility index (Phi) is 4.97. The van der Waals surface area contributed by atoms with Crippen LogP contribution in [0.1, 0.15) is 12.6 Å². The van der Waals surface area contributed by atoms with E-state index in [4.69, 9.17) is 5.73 Å². The predicted molar refractivity (Wildman–Crippen MR) is 85.9 cm³/mol. The van der Waals surface area contributed by atoms with Crippen LogP contribution in [-0.2, 0) is 6.42 Å². The number of hydrogen-bond acceptors (Lipinski definition) is 4. The monoisotopic (exact) mass is 425 g/mol. The summed E-state index contributed by atoms with van der Waals surface area (Å²) in [6, 6.07) is 5.93. The predicted octanol–water partition coefficient (Wildman–Crippen LogP) is 4.50. The molecule has 21 heavy (non-hydrogen) atoms. The highest BCUT2D eigenvalue weighted by molar-refractivity contribution is 14.1. The standard InChI is InChI=1S/C13H11F3IN3S/c1-2-9-10(17)11(18)20-12(19-9)7-3-5-8(6-4-7)21-13(14,15)16/h3-6H,2H2,1H3,(H2,18,19,20). The van der Waals surface area contributed by atoms with Crippen LogP contribution in [0.5, 0.6) is 0 Å². The molecule has 0 atom stereocenters. The second-order valence-electron chi connectivity index (χ2n) is 4.12. The third-order valence-electron chi connectivity index (χ3n) is 2.63. The second kappa shape index (κ2) is 6.39. The van der Waals surface area contributed by atoms with Crippen molar-refractivity contribution in [2.75, 3.05) is 5.73 Å². The number of thioether (sulfide) groups is 1. The minimum absolute atomic E-state index is 0.125. The van der Waals surface area contributed by atoms with Crippen molar-refractivity contribution < 1.29 is 13.2 Å². The lowest BCUT2D eigenvalue weighted by Crippen LogP contribution is -2.04. The molecule has 0 saturated carbocycles. The molecule has 0 amide bonds. The fourth-order valence-corrected chi connectivity index (χ4v) is 2.84. The lowest BCUT2D eigenvalue weighted by molar-refractivity contribution is -0.0328. The van der Waals surface area contributed by atoms with Gasteiger partial charge in [-0.1, -0.05) is 19.1 Å². The molecule has 0 aliphatic heterocycles. The number of hydrogen-bond donors (Lipinski definition) is 1. The van der Waals surface area contributed by atoms with Gasteiger partial charge in [-0.15, -0.1) is 0 Å². The summed E-state index contributed by atoms with van der Waals surface area (Å²) in [5.74, 6) is 0.805. The van der Waals surface area contributed by atoms with Gasteiger partial charge in [-0.25, -0.2) is 9.97 Å². The molecule has 2 N–H and O–H groups in total. The maximum Gasteiger partial charge on any atom is 0.446 e. The van der Waals surface area contributed by atoms with Crippen LogP contribution in [-0.4, -0.2) is 15.5 Å². The van der Waals surface area contributed by atoms with Gasteiger partial charge in [-0.3, -0.25) is 0 Å². The number of alkyl halides is 3. The van der Waals surface area contributed by atoms with E-state index < -0.39 is 5.51 Å². The Labute approximate surface area is 137 Å². The van der Waals surface area contributed by atoms with Gasteiger partial charge in [-0.05, 0) is 52.9 Å². The van der Waals surface area contributed by atoms with Crippen molar-refractivity contribution in [3.63, 3.8) is 0 Å². The van der Waals surface area contributed by atoms with Crippen LogP contribution < -0.4 is 5.73 Å². The van der Waals surface area contributed by atoms with Crippen LogP contribution in [0.2, 0.25) is 0 Å². The van der Waals surface area contributed by atoms with Gasteiger partial charge in [0.2, 0.25) is 0 Å². The van der Waals surface area contributed by atoms with E-state index in [0.29, 0.717) is 23.6 Å². The first-order valence-corrected chi connectivity index (χ1v) is 7.87. The number of nitrogen functional groups attached to an aromatic ring is 1. The Morgan fingerprint density at radius 1 is 1.19 bits per heavy atom. The van der Waals surface area contributed by atoms with Crippen LogP contribution in [0.25, 0.3) is 11.4 Å². The molecule has 2 aromatic rings. The first-order chi connectivity index (χ1) is 9.80. The summed E-state index contributed by atoms with van der Waals surface area (Å²) >= 11 is 1.93. The summed E-state index contributed by atoms with van der Waals surface area (Å²) in [4.78, 5) is 8.71. The van der Waals surface area contributed by atoms with E-state index in [0.717, 1.165) is 9.26 Å². The van der Waals surface area contributed by atoms with Crippen LogP contribution in [0.15, 0.2) is 29.2 Å². The number of nitrogens with two attached hydrogens (primary N) is 1.